The minimum absolute atomic E-state index is 0.0142. The Morgan fingerprint density at radius 2 is 1.78 bits per heavy atom. The molecule has 1 aromatic heterocycles. The molecule has 1 saturated heterocycles. The molecule has 0 atom stereocenters. The van der Waals surface area contributed by atoms with Crippen molar-refractivity contribution in [1.29, 1.82) is 0 Å². The number of rotatable bonds is 7. The Bertz CT molecular complexity index is 1060. The molecule has 3 N–H and O–H groups in total. The van der Waals surface area contributed by atoms with Crippen LogP contribution in [0.25, 0.3) is 11.1 Å². The second-order valence-electron chi connectivity index (χ2n) is 7.91. The first-order chi connectivity index (χ1) is 15.6. The Morgan fingerprint density at radius 1 is 1.09 bits per heavy atom. The highest BCUT2D eigenvalue weighted by Gasteiger charge is 2.21. The first kappa shape index (κ1) is 21.4. The number of carbonyl (C=O) groups excluding carboxylic acids is 1. The zero-order chi connectivity index (χ0) is 22.3. The number of hydrogen-bond acceptors (Lipinski definition) is 5. The van der Waals surface area contributed by atoms with E-state index in [0.29, 0.717) is 11.7 Å². The minimum atomic E-state index is 0.0142. The fourth-order valence-corrected chi connectivity index (χ4v) is 3.98. The minimum Gasteiger partial charge on any atom is -0.457 e. The highest BCUT2D eigenvalue weighted by molar-refractivity contribution is 5.87. The number of ether oxygens (including phenoxy) is 1. The van der Waals surface area contributed by atoms with Gasteiger partial charge in [-0.25, -0.2) is 4.98 Å². The molecule has 6 nitrogen and oxygen atoms in total. The van der Waals surface area contributed by atoms with Crippen molar-refractivity contribution in [2.75, 3.05) is 30.7 Å². The van der Waals surface area contributed by atoms with Crippen molar-refractivity contribution in [3.8, 4) is 22.6 Å². The number of nitrogens with two attached hydrogens (primary N) is 1. The Morgan fingerprint density at radius 3 is 2.47 bits per heavy atom. The molecule has 164 valence electrons. The number of hydrogen-bond donors (Lipinski definition) is 2. The summed E-state index contributed by atoms with van der Waals surface area (Å²) in [7, 11) is 0. The van der Waals surface area contributed by atoms with Gasteiger partial charge in [-0.2, -0.15) is 0 Å². The summed E-state index contributed by atoms with van der Waals surface area (Å²) in [4.78, 5) is 17.9. The lowest BCUT2D eigenvalue weighted by atomic mass is 9.96. The number of carbonyl (C=O) groups is 1. The van der Waals surface area contributed by atoms with Gasteiger partial charge in [-0.1, -0.05) is 36.9 Å². The highest BCUT2D eigenvalue weighted by atomic mass is 16.5. The molecule has 0 aliphatic carbocycles. The van der Waals surface area contributed by atoms with Gasteiger partial charge in [-0.3, -0.25) is 4.79 Å². The molecule has 2 aromatic carbocycles. The molecule has 0 unspecified atom stereocenters. The maximum atomic E-state index is 11.8. The summed E-state index contributed by atoms with van der Waals surface area (Å²) in [6.07, 6.45) is 5.04. The molecule has 3 aromatic rings. The predicted octanol–water partition coefficient (Wildman–Crippen LogP) is 4.96. The van der Waals surface area contributed by atoms with Crippen molar-refractivity contribution in [1.82, 2.24) is 9.88 Å². The molecule has 0 spiro atoms. The second kappa shape index (κ2) is 10.0. The monoisotopic (exact) mass is 428 g/mol. The van der Waals surface area contributed by atoms with E-state index in [-0.39, 0.29) is 5.91 Å². The van der Waals surface area contributed by atoms with Crippen LogP contribution in [0.2, 0.25) is 0 Å². The van der Waals surface area contributed by atoms with E-state index in [2.05, 4.69) is 16.9 Å². The number of nitrogens with one attached hydrogen (secondary N) is 1. The van der Waals surface area contributed by atoms with Gasteiger partial charge in [-0.15, -0.1) is 0 Å². The zero-order valence-electron chi connectivity index (χ0n) is 18.0. The number of benzene rings is 2. The van der Waals surface area contributed by atoms with Crippen molar-refractivity contribution in [2.24, 2.45) is 5.92 Å². The fourth-order valence-electron chi connectivity index (χ4n) is 3.98. The Labute approximate surface area is 188 Å². The van der Waals surface area contributed by atoms with E-state index in [9.17, 15) is 4.79 Å². The van der Waals surface area contributed by atoms with Gasteiger partial charge < -0.3 is 20.7 Å². The number of likely N-dealkylation sites (tertiary alicyclic amines) is 1. The van der Waals surface area contributed by atoms with Crippen molar-refractivity contribution in [2.45, 2.75) is 12.8 Å². The average molecular weight is 429 g/mol. The van der Waals surface area contributed by atoms with Crippen LogP contribution in [-0.4, -0.2) is 35.4 Å². The third kappa shape index (κ3) is 5.09. The van der Waals surface area contributed by atoms with Crippen LogP contribution < -0.4 is 15.8 Å². The molecule has 1 aliphatic rings. The van der Waals surface area contributed by atoms with E-state index in [0.717, 1.165) is 60.8 Å². The summed E-state index contributed by atoms with van der Waals surface area (Å²) < 4.78 is 5.89. The fraction of sp³-hybridized carbons (Fsp3) is 0.231. The van der Waals surface area contributed by atoms with Gasteiger partial charge in [0.2, 0.25) is 5.91 Å². The summed E-state index contributed by atoms with van der Waals surface area (Å²) >= 11 is 0. The third-order valence-electron chi connectivity index (χ3n) is 5.78. The molecular formula is C26H28N4O2. The number of pyridine rings is 1. The van der Waals surface area contributed by atoms with Gasteiger partial charge in [0.05, 0.1) is 0 Å². The molecule has 1 fully saturated rings. The lowest BCUT2D eigenvalue weighted by molar-refractivity contribution is -0.127. The molecule has 1 aliphatic heterocycles. The van der Waals surface area contributed by atoms with E-state index >= 15 is 0 Å². The van der Waals surface area contributed by atoms with Gasteiger partial charge in [0.1, 0.15) is 17.3 Å². The van der Waals surface area contributed by atoms with Crippen LogP contribution in [0.5, 0.6) is 11.5 Å². The summed E-state index contributed by atoms with van der Waals surface area (Å²) in [5, 5.41) is 3.56. The van der Waals surface area contributed by atoms with Crippen molar-refractivity contribution < 1.29 is 9.53 Å². The number of piperidine rings is 1. The summed E-state index contributed by atoms with van der Waals surface area (Å²) in [5.41, 5.74) is 9.08. The molecule has 0 saturated carbocycles. The Kier molecular flexibility index (Phi) is 6.70. The first-order valence-corrected chi connectivity index (χ1v) is 10.9. The van der Waals surface area contributed by atoms with Crippen LogP contribution >= 0.6 is 0 Å². The van der Waals surface area contributed by atoms with Crippen molar-refractivity contribution in [3.63, 3.8) is 0 Å². The zero-order valence-corrected chi connectivity index (χ0v) is 18.0. The van der Waals surface area contributed by atoms with Gasteiger partial charge in [0.15, 0.2) is 0 Å². The van der Waals surface area contributed by atoms with Gasteiger partial charge in [-0.05, 0) is 60.7 Å². The van der Waals surface area contributed by atoms with Crippen LogP contribution in [0.4, 0.5) is 11.5 Å². The number of anilines is 2. The van der Waals surface area contributed by atoms with Crippen LogP contribution in [0, 0.1) is 5.92 Å². The lowest BCUT2D eigenvalue weighted by Crippen LogP contribution is -2.39. The van der Waals surface area contributed by atoms with E-state index in [1.165, 1.54) is 6.08 Å². The standard InChI is InChI=1S/C26H28N4O2/c1-2-24(31)30-16-13-19(14-17-30)18-29-23-12-15-28-26(27)25(23)20-8-10-22(11-9-20)32-21-6-4-3-5-7-21/h2-12,15,19H,1,13-14,16-18H2,(H3,27,28,29). The topological polar surface area (TPSA) is 80.5 Å². The molecule has 1 amide bonds. The Balaban J connectivity index is 1.43. The second-order valence-corrected chi connectivity index (χ2v) is 7.91. The molecule has 4 rings (SSSR count). The molecule has 2 heterocycles. The molecule has 0 radical (unpaired) electrons. The first-order valence-electron chi connectivity index (χ1n) is 10.9. The van der Waals surface area contributed by atoms with Crippen LogP contribution in [0.3, 0.4) is 0 Å². The van der Waals surface area contributed by atoms with E-state index in [1.807, 2.05) is 65.6 Å². The SMILES string of the molecule is C=CC(=O)N1CCC(CNc2ccnc(N)c2-c2ccc(Oc3ccccc3)cc2)CC1. The highest BCUT2D eigenvalue weighted by Crippen LogP contribution is 2.34. The van der Waals surface area contributed by atoms with Crippen LogP contribution in [0.15, 0.2) is 79.5 Å². The number of aromatic nitrogens is 1. The number of para-hydroxylation sites is 1. The van der Waals surface area contributed by atoms with Gasteiger partial charge in [0.25, 0.3) is 0 Å². The molecule has 6 heteroatoms. The quantitative estimate of drug-likeness (QED) is 0.520. The number of nitrogens with zero attached hydrogens (tertiary/aromatic N) is 2. The average Bonchev–Trinajstić information content (AvgIpc) is 2.84. The summed E-state index contributed by atoms with van der Waals surface area (Å²) in [6, 6.07) is 19.5. The lowest BCUT2D eigenvalue weighted by Gasteiger charge is -2.31. The largest absolute Gasteiger partial charge is 0.457 e. The van der Waals surface area contributed by atoms with E-state index in [1.54, 1.807) is 6.20 Å². The van der Waals surface area contributed by atoms with Crippen LogP contribution in [0.1, 0.15) is 12.8 Å². The van der Waals surface area contributed by atoms with Crippen molar-refractivity contribution >= 4 is 17.4 Å². The third-order valence-corrected chi connectivity index (χ3v) is 5.78. The maximum Gasteiger partial charge on any atom is 0.245 e. The van der Waals surface area contributed by atoms with Crippen molar-refractivity contribution in [3.05, 3.63) is 79.5 Å². The van der Waals surface area contributed by atoms with E-state index < -0.39 is 0 Å². The number of amides is 1. The predicted molar refractivity (Wildman–Crippen MR) is 129 cm³/mol. The maximum absolute atomic E-state index is 11.8. The van der Waals surface area contributed by atoms with E-state index in [4.69, 9.17) is 10.5 Å². The summed E-state index contributed by atoms with van der Waals surface area (Å²) in [6.45, 7) is 5.93. The van der Waals surface area contributed by atoms with Gasteiger partial charge in [0, 0.05) is 37.1 Å². The van der Waals surface area contributed by atoms with Crippen LogP contribution in [-0.2, 0) is 4.79 Å². The summed E-state index contributed by atoms with van der Waals surface area (Å²) in [5.74, 6) is 2.55. The molecule has 32 heavy (non-hydrogen) atoms. The normalized spacial score (nSPS) is 14.1. The molecule has 0 bridgehead atoms. The smallest absolute Gasteiger partial charge is 0.245 e. The number of nitrogen functional groups attached to an aromatic ring is 1. The van der Waals surface area contributed by atoms with Gasteiger partial charge >= 0.3 is 0 Å². The Hall–Kier alpha value is -3.80. The molecular weight excluding hydrogens is 400 g/mol.